The highest BCUT2D eigenvalue weighted by molar-refractivity contribution is 6.34. The van der Waals surface area contributed by atoms with Crippen LogP contribution in [-0.2, 0) is 9.59 Å². The number of ether oxygens (including phenoxy) is 1. The molecule has 2 aromatic rings. The molecule has 24 heavy (non-hydrogen) atoms. The maximum atomic E-state index is 12.0. The second kappa shape index (κ2) is 7.84. The normalized spacial score (nSPS) is 10.2. The van der Waals surface area contributed by atoms with Crippen LogP contribution in [0.2, 0.25) is 5.02 Å². The molecule has 126 valence electrons. The summed E-state index contributed by atoms with van der Waals surface area (Å²) in [4.78, 5) is 23.0. The van der Waals surface area contributed by atoms with Gasteiger partial charge in [-0.25, -0.2) is 0 Å². The Morgan fingerprint density at radius 3 is 2.29 bits per heavy atom. The summed E-state index contributed by atoms with van der Waals surface area (Å²) in [5, 5.41) is 5.65. The number of benzene rings is 2. The summed E-state index contributed by atoms with van der Waals surface area (Å²) in [6.07, 6.45) is 0. The zero-order valence-corrected chi connectivity index (χ0v) is 14.5. The maximum Gasteiger partial charge on any atom is 0.262 e. The van der Waals surface area contributed by atoms with Gasteiger partial charge in [-0.1, -0.05) is 17.7 Å². The Morgan fingerprint density at radius 2 is 1.71 bits per heavy atom. The molecule has 0 fully saturated rings. The molecule has 0 aliphatic carbocycles. The lowest BCUT2D eigenvalue weighted by Gasteiger charge is -2.10. The van der Waals surface area contributed by atoms with E-state index >= 15 is 0 Å². The molecule has 0 aromatic heterocycles. The molecule has 0 aliphatic rings. The Balaban J connectivity index is 1.94. The smallest absolute Gasteiger partial charge is 0.262 e. The fourth-order valence-corrected chi connectivity index (χ4v) is 2.47. The minimum Gasteiger partial charge on any atom is -0.484 e. The number of carbonyl (C=O) groups is 2. The molecule has 0 heterocycles. The zero-order valence-electron chi connectivity index (χ0n) is 13.8. The van der Waals surface area contributed by atoms with Crippen LogP contribution in [0.1, 0.15) is 18.1 Å². The van der Waals surface area contributed by atoms with Gasteiger partial charge in [-0.05, 0) is 55.3 Å². The first kappa shape index (κ1) is 17.8. The summed E-state index contributed by atoms with van der Waals surface area (Å²) in [5.74, 6) is 0.148. The summed E-state index contributed by atoms with van der Waals surface area (Å²) in [5.41, 5.74) is 3.17. The van der Waals surface area contributed by atoms with E-state index in [2.05, 4.69) is 10.6 Å². The third-order valence-corrected chi connectivity index (χ3v) is 3.44. The predicted molar refractivity (Wildman–Crippen MR) is 95.8 cm³/mol. The van der Waals surface area contributed by atoms with E-state index in [1.165, 1.54) is 6.92 Å². The zero-order chi connectivity index (χ0) is 17.7. The van der Waals surface area contributed by atoms with Crippen molar-refractivity contribution >= 4 is 34.8 Å². The molecule has 2 amide bonds. The minimum atomic E-state index is -0.294. The van der Waals surface area contributed by atoms with Gasteiger partial charge in [-0.15, -0.1) is 0 Å². The lowest BCUT2D eigenvalue weighted by atomic mass is 10.1. The van der Waals surface area contributed by atoms with E-state index in [-0.39, 0.29) is 18.4 Å². The van der Waals surface area contributed by atoms with Crippen LogP contribution in [0.15, 0.2) is 36.4 Å². The second-order valence-electron chi connectivity index (χ2n) is 5.54. The maximum absolute atomic E-state index is 12.0. The van der Waals surface area contributed by atoms with Crippen molar-refractivity contribution in [3.8, 4) is 5.75 Å². The molecule has 0 unspecified atom stereocenters. The topological polar surface area (TPSA) is 67.4 Å². The van der Waals surface area contributed by atoms with E-state index in [0.29, 0.717) is 22.1 Å². The standard InChI is InChI=1S/C18H19ClN2O3/c1-11-6-12(2)8-15(7-11)24-10-18(23)21-14-4-5-17(16(19)9-14)20-13(3)22/h4-9H,10H2,1-3H3,(H,20,22)(H,21,23). The van der Waals surface area contributed by atoms with E-state index in [9.17, 15) is 9.59 Å². The quantitative estimate of drug-likeness (QED) is 0.861. The molecule has 2 rings (SSSR count). The van der Waals surface area contributed by atoms with Gasteiger partial charge >= 0.3 is 0 Å². The van der Waals surface area contributed by atoms with Gasteiger partial charge in [0.25, 0.3) is 5.91 Å². The van der Waals surface area contributed by atoms with Gasteiger partial charge in [-0.2, -0.15) is 0 Å². The number of anilines is 2. The number of hydrogen-bond acceptors (Lipinski definition) is 3. The van der Waals surface area contributed by atoms with Crippen LogP contribution < -0.4 is 15.4 Å². The molecule has 0 radical (unpaired) electrons. The van der Waals surface area contributed by atoms with Gasteiger partial charge in [0, 0.05) is 12.6 Å². The van der Waals surface area contributed by atoms with Gasteiger partial charge in [-0.3, -0.25) is 9.59 Å². The average Bonchev–Trinajstić information content (AvgIpc) is 2.47. The van der Waals surface area contributed by atoms with Crippen molar-refractivity contribution in [1.82, 2.24) is 0 Å². The third-order valence-electron chi connectivity index (χ3n) is 3.13. The van der Waals surface area contributed by atoms with Crippen molar-refractivity contribution in [2.45, 2.75) is 20.8 Å². The summed E-state index contributed by atoms with van der Waals surface area (Å²) in [6.45, 7) is 5.24. The third kappa shape index (κ3) is 5.28. The van der Waals surface area contributed by atoms with E-state index in [0.717, 1.165) is 11.1 Å². The lowest BCUT2D eigenvalue weighted by Crippen LogP contribution is -2.20. The van der Waals surface area contributed by atoms with Crippen LogP contribution in [0, 0.1) is 13.8 Å². The van der Waals surface area contributed by atoms with E-state index in [1.54, 1.807) is 18.2 Å². The molecule has 6 heteroatoms. The van der Waals surface area contributed by atoms with Crippen LogP contribution in [-0.4, -0.2) is 18.4 Å². The molecule has 0 bridgehead atoms. The SMILES string of the molecule is CC(=O)Nc1ccc(NC(=O)COc2cc(C)cc(C)c2)cc1Cl. The molecular weight excluding hydrogens is 328 g/mol. The molecule has 2 N–H and O–H groups in total. The number of nitrogens with one attached hydrogen (secondary N) is 2. The monoisotopic (exact) mass is 346 g/mol. The van der Waals surface area contributed by atoms with E-state index in [4.69, 9.17) is 16.3 Å². The molecule has 0 spiro atoms. The summed E-state index contributed by atoms with van der Waals surface area (Å²) >= 11 is 6.07. The van der Waals surface area contributed by atoms with Crippen molar-refractivity contribution in [2.24, 2.45) is 0 Å². The fourth-order valence-electron chi connectivity index (χ4n) is 2.25. The molecule has 5 nitrogen and oxygen atoms in total. The van der Waals surface area contributed by atoms with Crippen molar-refractivity contribution in [1.29, 1.82) is 0 Å². The van der Waals surface area contributed by atoms with Crippen molar-refractivity contribution in [3.63, 3.8) is 0 Å². The Kier molecular flexibility index (Phi) is 5.82. The summed E-state index contributed by atoms with van der Waals surface area (Å²) in [7, 11) is 0. The molecule has 0 aliphatic heterocycles. The average molecular weight is 347 g/mol. The van der Waals surface area contributed by atoms with Crippen molar-refractivity contribution < 1.29 is 14.3 Å². The number of carbonyl (C=O) groups excluding carboxylic acids is 2. The fraction of sp³-hybridized carbons (Fsp3) is 0.222. The van der Waals surface area contributed by atoms with Gasteiger partial charge in [0.1, 0.15) is 5.75 Å². The summed E-state index contributed by atoms with van der Waals surface area (Å²) < 4.78 is 5.51. The number of halogens is 1. The Morgan fingerprint density at radius 1 is 1.04 bits per heavy atom. The lowest BCUT2D eigenvalue weighted by molar-refractivity contribution is -0.118. The largest absolute Gasteiger partial charge is 0.484 e. The van der Waals surface area contributed by atoms with Gasteiger partial charge in [0.05, 0.1) is 10.7 Å². The van der Waals surface area contributed by atoms with E-state index < -0.39 is 0 Å². The first-order chi connectivity index (χ1) is 11.3. The minimum absolute atomic E-state index is 0.103. The number of amides is 2. The van der Waals surface area contributed by atoms with Crippen LogP contribution >= 0.6 is 11.6 Å². The number of rotatable bonds is 5. The highest BCUT2D eigenvalue weighted by atomic mass is 35.5. The number of aryl methyl sites for hydroxylation is 2. The Hall–Kier alpha value is -2.53. The van der Waals surface area contributed by atoms with Crippen LogP contribution in [0.3, 0.4) is 0 Å². The molecule has 0 saturated carbocycles. The highest BCUT2D eigenvalue weighted by Gasteiger charge is 2.08. The van der Waals surface area contributed by atoms with Crippen molar-refractivity contribution in [3.05, 3.63) is 52.5 Å². The van der Waals surface area contributed by atoms with Crippen LogP contribution in [0.4, 0.5) is 11.4 Å². The van der Waals surface area contributed by atoms with Gasteiger partial charge in [0.2, 0.25) is 5.91 Å². The predicted octanol–water partition coefficient (Wildman–Crippen LogP) is 3.93. The van der Waals surface area contributed by atoms with Crippen molar-refractivity contribution in [2.75, 3.05) is 17.2 Å². The van der Waals surface area contributed by atoms with Gasteiger partial charge < -0.3 is 15.4 Å². The Labute approximate surface area is 146 Å². The van der Waals surface area contributed by atoms with E-state index in [1.807, 2.05) is 32.0 Å². The first-order valence-electron chi connectivity index (χ1n) is 7.41. The highest BCUT2D eigenvalue weighted by Crippen LogP contribution is 2.25. The molecule has 0 saturated heterocycles. The molecular formula is C18H19ClN2O3. The first-order valence-corrected chi connectivity index (χ1v) is 7.79. The molecule has 2 aromatic carbocycles. The van der Waals surface area contributed by atoms with Gasteiger partial charge in [0.15, 0.2) is 6.61 Å². The second-order valence-corrected chi connectivity index (χ2v) is 5.94. The summed E-state index contributed by atoms with van der Waals surface area (Å²) in [6, 6.07) is 10.6. The van der Waals surface area contributed by atoms with Crippen LogP contribution in [0.25, 0.3) is 0 Å². The number of hydrogen-bond donors (Lipinski definition) is 2. The Bertz CT molecular complexity index is 755. The molecule has 0 atom stereocenters. The van der Waals surface area contributed by atoms with Crippen LogP contribution in [0.5, 0.6) is 5.75 Å².